The second kappa shape index (κ2) is 6.90. The van der Waals surface area contributed by atoms with Gasteiger partial charge in [0.05, 0.1) is 22.4 Å². The van der Waals surface area contributed by atoms with Gasteiger partial charge in [0.25, 0.3) is 0 Å². The van der Waals surface area contributed by atoms with Gasteiger partial charge in [-0.05, 0) is 40.2 Å². The van der Waals surface area contributed by atoms with Gasteiger partial charge in [0, 0.05) is 22.2 Å². The molecule has 0 saturated carbocycles. The van der Waals surface area contributed by atoms with Crippen molar-refractivity contribution in [3.63, 3.8) is 0 Å². The van der Waals surface area contributed by atoms with E-state index in [-0.39, 0.29) is 6.04 Å². The summed E-state index contributed by atoms with van der Waals surface area (Å²) in [6.45, 7) is 0. The van der Waals surface area contributed by atoms with E-state index in [1.807, 2.05) is 23.9 Å². The second-order valence-corrected chi connectivity index (χ2v) is 6.85. The molecule has 2 aromatic rings. The average molecular weight is 406 g/mol. The Morgan fingerprint density at radius 3 is 2.58 bits per heavy atom. The molecule has 1 heterocycles. The maximum Gasteiger partial charge on any atom is 0.0734 e. The maximum atomic E-state index is 5.66. The van der Waals surface area contributed by atoms with E-state index >= 15 is 0 Å². The second-order valence-electron chi connectivity index (χ2n) is 3.99. The number of aryl methyl sites for hydroxylation is 1. The molecular weight excluding hydrogens is 392 g/mol. The number of nitrogens with zero attached hydrogens (tertiary/aromatic N) is 2. The molecule has 2 rings (SSSR count). The van der Waals surface area contributed by atoms with Crippen LogP contribution in [0.1, 0.15) is 11.7 Å². The van der Waals surface area contributed by atoms with Crippen molar-refractivity contribution in [2.75, 3.05) is 5.75 Å². The number of hydrazine groups is 1. The van der Waals surface area contributed by atoms with Crippen LogP contribution in [0.15, 0.2) is 44.3 Å². The average Bonchev–Trinajstić information content (AvgIpc) is 2.73. The lowest BCUT2D eigenvalue weighted by molar-refractivity contribution is 0.552. The van der Waals surface area contributed by atoms with E-state index in [2.05, 4.69) is 54.5 Å². The van der Waals surface area contributed by atoms with Gasteiger partial charge in [0.15, 0.2) is 0 Å². The third-order valence-corrected chi connectivity index (χ3v) is 4.94. The summed E-state index contributed by atoms with van der Waals surface area (Å²) in [4.78, 5) is 1.21. The summed E-state index contributed by atoms with van der Waals surface area (Å²) in [6, 6.07) is 8.28. The van der Waals surface area contributed by atoms with Crippen molar-refractivity contribution in [2.24, 2.45) is 12.9 Å². The standard InChI is InChI=1S/C12H14Br2N4S/c1-18-12(10(14)6-16-18)11(17-15)7-19-9-4-2-8(13)3-5-9/h2-6,11,17H,7,15H2,1H3. The Morgan fingerprint density at radius 2 is 2.05 bits per heavy atom. The summed E-state index contributed by atoms with van der Waals surface area (Å²) in [5, 5.41) is 4.21. The van der Waals surface area contributed by atoms with Crippen molar-refractivity contribution >= 4 is 43.6 Å². The van der Waals surface area contributed by atoms with Crippen LogP contribution in [-0.4, -0.2) is 15.5 Å². The lowest BCUT2D eigenvalue weighted by atomic mass is 10.2. The third-order valence-electron chi connectivity index (χ3n) is 2.70. The van der Waals surface area contributed by atoms with E-state index in [1.165, 1.54) is 4.90 Å². The molecular formula is C12H14Br2N4S. The number of hydrogen-bond donors (Lipinski definition) is 2. The molecule has 0 spiro atoms. The van der Waals surface area contributed by atoms with Crippen LogP contribution in [0.25, 0.3) is 0 Å². The molecule has 1 aromatic carbocycles. The molecule has 0 saturated heterocycles. The fourth-order valence-corrected chi connectivity index (χ4v) is 3.56. The fourth-order valence-electron chi connectivity index (χ4n) is 1.73. The highest BCUT2D eigenvalue weighted by molar-refractivity contribution is 9.10. The van der Waals surface area contributed by atoms with Crippen molar-refractivity contribution in [3.8, 4) is 0 Å². The van der Waals surface area contributed by atoms with E-state index in [1.54, 1.807) is 18.0 Å². The summed E-state index contributed by atoms with van der Waals surface area (Å²) in [5.74, 6) is 6.49. The monoisotopic (exact) mass is 404 g/mol. The highest BCUT2D eigenvalue weighted by Crippen LogP contribution is 2.28. The van der Waals surface area contributed by atoms with Crippen molar-refractivity contribution in [3.05, 3.63) is 45.1 Å². The smallest absolute Gasteiger partial charge is 0.0734 e. The number of benzene rings is 1. The molecule has 0 amide bonds. The predicted molar refractivity (Wildman–Crippen MR) is 85.8 cm³/mol. The molecule has 0 aliphatic carbocycles. The van der Waals surface area contributed by atoms with Gasteiger partial charge in [0.2, 0.25) is 0 Å². The van der Waals surface area contributed by atoms with Crippen LogP contribution in [0.3, 0.4) is 0 Å². The van der Waals surface area contributed by atoms with Gasteiger partial charge < -0.3 is 0 Å². The van der Waals surface area contributed by atoms with Crippen LogP contribution in [0.2, 0.25) is 0 Å². The molecule has 102 valence electrons. The predicted octanol–water partition coefficient (Wildman–Crippen LogP) is 3.24. The Bertz CT molecular complexity index is 522. The van der Waals surface area contributed by atoms with Crippen molar-refractivity contribution in [1.82, 2.24) is 15.2 Å². The molecule has 0 aliphatic heterocycles. The van der Waals surface area contributed by atoms with Gasteiger partial charge in [-0.3, -0.25) is 16.0 Å². The van der Waals surface area contributed by atoms with Gasteiger partial charge in [0.1, 0.15) is 0 Å². The Balaban J connectivity index is 2.06. The number of rotatable bonds is 5. The van der Waals surface area contributed by atoms with Crippen LogP contribution in [0.5, 0.6) is 0 Å². The first-order valence-electron chi connectivity index (χ1n) is 5.63. The molecule has 0 radical (unpaired) electrons. The number of nitrogens with one attached hydrogen (secondary N) is 1. The zero-order valence-corrected chi connectivity index (χ0v) is 14.3. The first-order valence-corrected chi connectivity index (χ1v) is 8.21. The highest BCUT2D eigenvalue weighted by atomic mass is 79.9. The first-order chi connectivity index (χ1) is 9.11. The quantitative estimate of drug-likeness (QED) is 0.455. The van der Waals surface area contributed by atoms with Gasteiger partial charge in [-0.15, -0.1) is 11.8 Å². The van der Waals surface area contributed by atoms with Crippen LogP contribution in [0, 0.1) is 0 Å². The topological polar surface area (TPSA) is 55.9 Å². The van der Waals surface area contributed by atoms with Crippen molar-refractivity contribution in [1.29, 1.82) is 0 Å². The molecule has 3 N–H and O–H groups in total. The van der Waals surface area contributed by atoms with E-state index in [0.717, 1.165) is 20.4 Å². The molecule has 1 aromatic heterocycles. The summed E-state index contributed by atoms with van der Waals surface area (Å²) in [5.41, 5.74) is 3.90. The van der Waals surface area contributed by atoms with Gasteiger partial charge in [-0.1, -0.05) is 15.9 Å². The summed E-state index contributed by atoms with van der Waals surface area (Å²) < 4.78 is 3.88. The Labute approximate surface area is 133 Å². The molecule has 1 unspecified atom stereocenters. The Kier molecular flexibility index (Phi) is 5.47. The van der Waals surface area contributed by atoms with Gasteiger partial charge in [-0.2, -0.15) is 5.10 Å². The molecule has 0 bridgehead atoms. The Morgan fingerprint density at radius 1 is 1.37 bits per heavy atom. The minimum Gasteiger partial charge on any atom is -0.271 e. The number of aromatic nitrogens is 2. The highest BCUT2D eigenvalue weighted by Gasteiger charge is 2.17. The molecule has 4 nitrogen and oxygen atoms in total. The summed E-state index contributed by atoms with van der Waals surface area (Å²) in [6.07, 6.45) is 1.78. The lowest BCUT2D eigenvalue weighted by Gasteiger charge is -2.16. The van der Waals surface area contributed by atoms with E-state index in [0.29, 0.717) is 0 Å². The Hall–Kier alpha value is -0.340. The van der Waals surface area contributed by atoms with Crippen LogP contribution < -0.4 is 11.3 Å². The lowest BCUT2D eigenvalue weighted by Crippen LogP contribution is -2.31. The number of hydrogen-bond acceptors (Lipinski definition) is 4. The fraction of sp³-hybridized carbons (Fsp3) is 0.250. The van der Waals surface area contributed by atoms with Crippen LogP contribution in [0.4, 0.5) is 0 Å². The minimum atomic E-state index is 0.0375. The van der Waals surface area contributed by atoms with Crippen LogP contribution in [-0.2, 0) is 7.05 Å². The number of nitrogens with two attached hydrogens (primary N) is 1. The SMILES string of the molecule is Cn1ncc(Br)c1C(CSc1ccc(Br)cc1)NN. The van der Waals surface area contributed by atoms with Crippen LogP contribution >= 0.6 is 43.6 Å². The minimum absolute atomic E-state index is 0.0375. The van der Waals surface area contributed by atoms with Crippen molar-refractivity contribution < 1.29 is 0 Å². The molecule has 7 heteroatoms. The normalized spacial score (nSPS) is 12.6. The van der Waals surface area contributed by atoms with Crippen molar-refractivity contribution in [2.45, 2.75) is 10.9 Å². The zero-order valence-electron chi connectivity index (χ0n) is 10.3. The summed E-state index contributed by atoms with van der Waals surface area (Å²) in [7, 11) is 1.91. The molecule has 0 fully saturated rings. The number of thioether (sulfide) groups is 1. The first kappa shape index (κ1) is 15.1. The summed E-state index contributed by atoms with van der Waals surface area (Å²) >= 11 is 8.68. The van der Waals surface area contributed by atoms with Gasteiger partial charge in [-0.25, -0.2) is 0 Å². The largest absolute Gasteiger partial charge is 0.271 e. The van der Waals surface area contributed by atoms with E-state index in [9.17, 15) is 0 Å². The maximum absolute atomic E-state index is 5.66. The third kappa shape index (κ3) is 3.82. The number of halogens is 2. The zero-order chi connectivity index (χ0) is 13.8. The van der Waals surface area contributed by atoms with E-state index in [4.69, 9.17) is 5.84 Å². The van der Waals surface area contributed by atoms with E-state index < -0.39 is 0 Å². The van der Waals surface area contributed by atoms with Gasteiger partial charge >= 0.3 is 0 Å². The molecule has 0 aliphatic rings. The molecule has 1 atom stereocenters. The molecule has 19 heavy (non-hydrogen) atoms.